The second-order valence-corrected chi connectivity index (χ2v) is 4.88. The van der Waals surface area contributed by atoms with E-state index in [0.717, 1.165) is 28.2 Å². The van der Waals surface area contributed by atoms with Gasteiger partial charge in [0.25, 0.3) is 0 Å². The van der Waals surface area contributed by atoms with Crippen molar-refractivity contribution in [3.05, 3.63) is 54.7 Å². The van der Waals surface area contributed by atoms with Gasteiger partial charge in [-0.25, -0.2) is 14.5 Å². The average molecular weight is 278 g/mol. The van der Waals surface area contributed by atoms with E-state index in [1.54, 1.807) is 10.8 Å². The number of hydrogen-bond acceptors (Lipinski definition) is 4. The van der Waals surface area contributed by atoms with Crippen LogP contribution in [0.1, 0.15) is 5.82 Å². The molecule has 0 spiro atoms. The number of fused-ring (bicyclic) bond motifs is 2. The Labute approximate surface area is 121 Å². The largest absolute Gasteiger partial charge is 0.361 e. The Morgan fingerprint density at radius 3 is 2.86 bits per heavy atom. The first kappa shape index (κ1) is 11.9. The van der Waals surface area contributed by atoms with Gasteiger partial charge < -0.3 is 9.88 Å². The standard InChI is InChI=1S/C15H14N6/c1-20-12-6-3-2-5-11(12)19-14(20)9-16-15-13-7-4-8-21(13)18-10-17-15/h2-8,10H,9H2,1H3,(H,16,17,18). The fraction of sp³-hybridized carbons (Fsp3) is 0.133. The van der Waals surface area contributed by atoms with Gasteiger partial charge in [0.15, 0.2) is 5.82 Å². The summed E-state index contributed by atoms with van der Waals surface area (Å²) in [4.78, 5) is 8.94. The lowest BCUT2D eigenvalue weighted by atomic mass is 10.3. The zero-order valence-corrected chi connectivity index (χ0v) is 11.6. The topological polar surface area (TPSA) is 60.0 Å². The van der Waals surface area contributed by atoms with Crippen LogP contribution in [0, 0.1) is 0 Å². The van der Waals surface area contributed by atoms with Crippen molar-refractivity contribution in [2.45, 2.75) is 6.54 Å². The third-order valence-electron chi connectivity index (χ3n) is 3.63. The molecule has 0 bridgehead atoms. The molecule has 21 heavy (non-hydrogen) atoms. The molecule has 1 N–H and O–H groups in total. The molecule has 0 aliphatic rings. The molecule has 0 fully saturated rings. The van der Waals surface area contributed by atoms with E-state index in [9.17, 15) is 0 Å². The second-order valence-electron chi connectivity index (χ2n) is 4.88. The van der Waals surface area contributed by atoms with Crippen molar-refractivity contribution < 1.29 is 0 Å². The van der Waals surface area contributed by atoms with E-state index in [0.29, 0.717) is 6.54 Å². The van der Waals surface area contributed by atoms with E-state index in [1.165, 1.54) is 0 Å². The molecule has 3 aromatic heterocycles. The van der Waals surface area contributed by atoms with Crippen LogP contribution in [-0.2, 0) is 13.6 Å². The van der Waals surface area contributed by atoms with E-state index >= 15 is 0 Å². The van der Waals surface area contributed by atoms with Crippen LogP contribution in [0.4, 0.5) is 5.82 Å². The summed E-state index contributed by atoms with van der Waals surface area (Å²) in [5.74, 6) is 1.78. The molecule has 0 radical (unpaired) electrons. The van der Waals surface area contributed by atoms with Crippen LogP contribution >= 0.6 is 0 Å². The number of imidazole rings is 1. The molecule has 0 aliphatic heterocycles. The number of nitrogens with zero attached hydrogens (tertiary/aromatic N) is 5. The van der Waals surface area contributed by atoms with E-state index in [4.69, 9.17) is 0 Å². The fourth-order valence-corrected chi connectivity index (χ4v) is 2.52. The van der Waals surface area contributed by atoms with Crippen molar-refractivity contribution in [3.8, 4) is 0 Å². The Balaban J connectivity index is 1.66. The summed E-state index contributed by atoms with van der Waals surface area (Å²) in [6.07, 6.45) is 3.45. The monoisotopic (exact) mass is 278 g/mol. The minimum Gasteiger partial charge on any atom is -0.361 e. The molecule has 0 unspecified atom stereocenters. The lowest BCUT2D eigenvalue weighted by molar-refractivity contribution is 0.827. The summed E-state index contributed by atoms with van der Waals surface area (Å²) in [7, 11) is 2.03. The highest BCUT2D eigenvalue weighted by Gasteiger charge is 2.08. The van der Waals surface area contributed by atoms with Crippen molar-refractivity contribution in [2.24, 2.45) is 7.05 Å². The first-order valence-electron chi connectivity index (χ1n) is 6.75. The van der Waals surface area contributed by atoms with Gasteiger partial charge in [0.2, 0.25) is 0 Å². The Hall–Kier alpha value is -2.89. The minimum absolute atomic E-state index is 0.614. The molecule has 1 aromatic carbocycles. The maximum absolute atomic E-state index is 4.65. The number of aryl methyl sites for hydroxylation is 1. The highest BCUT2D eigenvalue weighted by molar-refractivity contribution is 5.76. The molecule has 4 rings (SSSR count). The third-order valence-corrected chi connectivity index (χ3v) is 3.63. The summed E-state index contributed by atoms with van der Waals surface area (Å²) < 4.78 is 3.89. The lowest BCUT2D eigenvalue weighted by Gasteiger charge is -2.07. The number of anilines is 1. The van der Waals surface area contributed by atoms with Crippen LogP contribution in [0.5, 0.6) is 0 Å². The quantitative estimate of drug-likeness (QED) is 0.624. The molecule has 0 aliphatic carbocycles. The molecule has 104 valence electrons. The number of nitrogens with one attached hydrogen (secondary N) is 1. The van der Waals surface area contributed by atoms with Gasteiger partial charge in [0, 0.05) is 13.2 Å². The first-order chi connectivity index (χ1) is 10.3. The van der Waals surface area contributed by atoms with Crippen molar-refractivity contribution >= 4 is 22.4 Å². The van der Waals surface area contributed by atoms with E-state index in [-0.39, 0.29) is 0 Å². The van der Waals surface area contributed by atoms with Crippen molar-refractivity contribution in [3.63, 3.8) is 0 Å². The zero-order valence-electron chi connectivity index (χ0n) is 11.6. The summed E-state index contributed by atoms with van der Waals surface area (Å²) >= 11 is 0. The third kappa shape index (κ3) is 1.92. The van der Waals surface area contributed by atoms with Gasteiger partial charge in [-0.2, -0.15) is 5.10 Å². The van der Waals surface area contributed by atoms with Crippen molar-refractivity contribution in [1.29, 1.82) is 0 Å². The zero-order chi connectivity index (χ0) is 14.2. The normalized spacial score (nSPS) is 11.3. The number of aromatic nitrogens is 5. The second kappa shape index (κ2) is 4.59. The molecule has 0 saturated carbocycles. The molecule has 3 heterocycles. The fourth-order valence-electron chi connectivity index (χ4n) is 2.52. The van der Waals surface area contributed by atoms with Gasteiger partial charge in [0.05, 0.1) is 17.6 Å². The van der Waals surface area contributed by atoms with Crippen LogP contribution in [0.2, 0.25) is 0 Å². The highest BCUT2D eigenvalue weighted by atomic mass is 15.3. The van der Waals surface area contributed by atoms with Crippen LogP contribution in [0.15, 0.2) is 48.9 Å². The smallest absolute Gasteiger partial charge is 0.154 e. The molecule has 6 heteroatoms. The number of rotatable bonds is 3. The van der Waals surface area contributed by atoms with Crippen molar-refractivity contribution in [2.75, 3.05) is 5.32 Å². The van der Waals surface area contributed by atoms with Crippen molar-refractivity contribution in [1.82, 2.24) is 24.1 Å². The minimum atomic E-state index is 0.614. The maximum atomic E-state index is 4.65. The number of para-hydroxylation sites is 2. The van der Waals surface area contributed by atoms with Crippen LogP contribution in [0.3, 0.4) is 0 Å². The van der Waals surface area contributed by atoms with Gasteiger partial charge in [0.1, 0.15) is 17.7 Å². The van der Waals surface area contributed by atoms with Gasteiger partial charge in [-0.05, 0) is 24.3 Å². The molecule has 0 amide bonds. The predicted molar refractivity (Wildman–Crippen MR) is 81.0 cm³/mol. The van der Waals surface area contributed by atoms with Gasteiger partial charge in [-0.3, -0.25) is 0 Å². The Kier molecular flexibility index (Phi) is 2.60. The summed E-state index contributed by atoms with van der Waals surface area (Å²) in [5, 5.41) is 7.49. The lowest BCUT2D eigenvalue weighted by Crippen LogP contribution is -2.08. The Morgan fingerprint density at radius 1 is 1.10 bits per heavy atom. The number of hydrogen-bond donors (Lipinski definition) is 1. The van der Waals surface area contributed by atoms with Crippen LogP contribution < -0.4 is 5.32 Å². The number of benzene rings is 1. The van der Waals surface area contributed by atoms with Gasteiger partial charge in [-0.15, -0.1) is 0 Å². The average Bonchev–Trinajstić information content (AvgIpc) is 3.11. The molecule has 0 atom stereocenters. The van der Waals surface area contributed by atoms with E-state index in [2.05, 4.69) is 31.0 Å². The Bertz CT molecular complexity index is 920. The van der Waals surface area contributed by atoms with Crippen LogP contribution in [-0.4, -0.2) is 24.1 Å². The summed E-state index contributed by atoms with van der Waals surface area (Å²) in [6, 6.07) is 12.1. The molecule has 0 saturated heterocycles. The first-order valence-corrected chi connectivity index (χ1v) is 6.75. The highest BCUT2D eigenvalue weighted by Crippen LogP contribution is 2.17. The van der Waals surface area contributed by atoms with E-state index in [1.807, 2.05) is 43.6 Å². The predicted octanol–water partition coefficient (Wildman–Crippen LogP) is 2.23. The summed E-state index contributed by atoms with van der Waals surface area (Å²) in [5.41, 5.74) is 3.09. The SMILES string of the molecule is Cn1c(CNc2ncnn3cccc23)nc2ccccc21. The molecular weight excluding hydrogens is 264 g/mol. The molecular formula is C15H14N6. The Morgan fingerprint density at radius 2 is 1.95 bits per heavy atom. The van der Waals surface area contributed by atoms with Crippen LogP contribution in [0.25, 0.3) is 16.6 Å². The summed E-state index contributed by atoms with van der Waals surface area (Å²) in [6.45, 7) is 0.614. The molecule has 6 nitrogen and oxygen atoms in total. The molecule has 4 aromatic rings. The van der Waals surface area contributed by atoms with Gasteiger partial charge in [-0.1, -0.05) is 12.1 Å². The van der Waals surface area contributed by atoms with Gasteiger partial charge >= 0.3 is 0 Å². The maximum Gasteiger partial charge on any atom is 0.154 e. The van der Waals surface area contributed by atoms with E-state index < -0.39 is 0 Å².